The molecule has 0 saturated heterocycles. The Morgan fingerprint density at radius 3 is 2.54 bits per heavy atom. The van der Waals surface area contributed by atoms with Gasteiger partial charge in [-0.1, -0.05) is 24.3 Å². The first-order valence-electron chi connectivity index (χ1n) is 9.54. The zero-order valence-electron chi connectivity index (χ0n) is 16.3. The molecule has 1 aromatic heterocycles. The fraction of sp³-hybridized carbons (Fsp3) is 0.364. The lowest BCUT2D eigenvalue weighted by molar-refractivity contribution is -0.141. The van der Waals surface area contributed by atoms with E-state index in [1.807, 2.05) is 53.0 Å². The first-order chi connectivity index (χ1) is 13.6. The highest BCUT2D eigenvalue weighted by molar-refractivity contribution is 5.86. The average molecular weight is 381 g/mol. The highest BCUT2D eigenvalue weighted by Gasteiger charge is 2.34. The Hall–Kier alpha value is -3.02. The number of carbonyl (C=O) groups is 2. The van der Waals surface area contributed by atoms with E-state index in [-0.39, 0.29) is 31.0 Å². The monoisotopic (exact) mass is 381 g/mol. The van der Waals surface area contributed by atoms with Crippen molar-refractivity contribution in [2.24, 2.45) is 7.05 Å². The minimum Gasteiger partial charge on any atom is -0.484 e. The molecule has 3 rings (SSSR count). The van der Waals surface area contributed by atoms with Crippen LogP contribution in [0.4, 0.5) is 0 Å². The van der Waals surface area contributed by atoms with Crippen LogP contribution < -0.4 is 4.74 Å². The number of hydrogen-bond donors (Lipinski definition) is 0. The maximum Gasteiger partial charge on any atom is 0.261 e. The molecule has 28 heavy (non-hydrogen) atoms. The van der Waals surface area contributed by atoms with Gasteiger partial charge in [-0.25, -0.2) is 0 Å². The standard InChI is InChI=1S/C22H27N3O3/c1-3-13-24(22(27)17-28-20-9-5-4-6-10-20)16-21(26)25(18-11-12-18)15-19-8-7-14-23(19)2/h3-10,14,18H,1,11-13,15-17H2,2H3. The van der Waals surface area contributed by atoms with Crippen molar-refractivity contribution in [3.8, 4) is 5.75 Å². The first kappa shape index (κ1) is 19.7. The number of benzene rings is 1. The third-order valence-electron chi connectivity index (χ3n) is 4.83. The Bertz CT molecular complexity index is 811. The smallest absolute Gasteiger partial charge is 0.261 e. The van der Waals surface area contributed by atoms with E-state index in [0.717, 1.165) is 18.5 Å². The summed E-state index contributed by atoms with van der Waals surface area (Å²) in [5, 5.41) is 0. The zero-order chi connectivity index (χ0) is 19.9. The van der Waals surface area contributed by atoms with Crippen molar-refractivity contribution >= 4 is 11.8 Å². The Kier molecular flexibility index (Phi) is 6.53. The maximum atomic E-state index is 13.0. The van der Waals surface area contributed by atoms with Crippen LogP contribution >= 0.6 is 0 Å². The van der Waals surface area contributed by atoms with E-state index in [0.29, 0.717) is 18.8 Å². The minimum atomic E-state index is -0.230. The zero-order valence-corrected chi connectivity index (χ0v) is 16.3. The molecular formula is C22H27N3O3. The normalized spacial score (nSPS) is 13.0. The summed E-state index contributed by atoms with van der Waals surface area (Å²) >= 11 is 0. The molecule has 0 radical (unpaired) electrons. The quantitative estimate of drug-likeness (QED) is 0.595. The summed E-state index contributed by atoms with van der Waals surface area (Å²) in [6, 6.07) is 13.4. The topological polar surface area (TPSA) is 54.8 Å². The number of aryl methyl sites for hydroxylation is 1. The molecule has 0 aliphatic heterocycles. The van der Waals surface area contributed by atoms with E-state index in [1.54, 1.807) is 18.2 Å². The lowest BCUT2D eigenvalue weighted by atomic mass is 10.3. The van der Waals surface area contributed by atoms with Crippen molar-refractivity contribution in [1.29, 1.82) is 0 Å². The summed E-state index contributed by atoms with van der Waals surface area (Å²) in [4.78, 5) is 29.0. The average Bonchev–Trinajstić information content (AvgIpc) is 3.46. The van der Waals surface area contributed by atoms with Gasteiger partial charge in [-0.15, -0.1) is 6.58 Å². The number of para-hydroxylation sites is 1. The van der Waals surface area contributed by atoms with Gasteiger partial charge in [-0.2, -0.15) is 0 Å². The van der Waals surface area contributed by atoms with Gasteiger partial charge in [0.05, 0.1) is 6.54 Å². The molecule has 1 saturated carbocycles. The number of ether oxygens (including phenoxy) is 1. The van der Waals surface area contributed by atoms with Crippen molar-refractivity contribution in [3.05, 3.63) is 67.0 Å². The largest absolute Gasteiger partial charge is 0.484 e. The van der Waals surface area contributed by atoms with E-state index in [4.69, 9.17) is 4.74 Å². The van der Waals surface area contributed by atoms with Gasteiger partial charge in [-0.3, -0.25) is 9.59 Å². The molecule has 0 N–H and O–H groups in total. The molecular weight excluding hydrogens is 354 g/mol. The second kappa shape index (κ2) is 9.26. The third-order valence-corrected chi connectivity index (χ3v) is 4.83. The summed E-state index contributed by atoms with van der Waals surface area (Å²) in [7, 11) is 1.97. The molecule has 2 aromatic rings. The van der Waals surface area contributed by atoms with Gasteiger partial charge < -0.3 is 19.1 Å². The predicted molar refractivity (Wildman–Crippen MR) is 108 cm³/mol. The molecule has 0 spiro atoms. The number of carbonyl (C=O) groups excluding carboxylic acids is 2. The molecule has 0 atom stereocenters. The van der Waals surface area contributed by atoms with Crippen LogP contribution in [0.5, 0.6) is 5.75 Å². The Morgan fingerprint density at radius 2 is 1.93 bits per heavy atom. The van der Waals surface area contributed by atoms with Crippen LogP contribution in [0.25, 0.3) is 0 Å². The molecule has 1 aliphatic rings. The molecule has 0 unspecified atom stereocenters. The second-order valence-corrected chi connectivity index (χ2v) is 7.03. The van der Waals surface area contributed by atoms with Crippen molar-refractivity contribution in [2.75, 3.05) is 19.7 Å². The molecule has 6 heteroatoms. The van der Waals surface area contributed by atoms with E-state index in [1.165, 1.54) is 4.90 Å². The summed E-state index contributed by atoms with van der Waals surface area (Å²) in [5.41, 5.74) is 1.08. The summed E-state index contributed by atoms with van der Waals surface area (Å²) < 4.78 is 7.56. The molecule has 2 amide bonds. The van der Waals surface area contributed by atoms with Crippen LogP contribution in [0.15, 0.2) is 61.3 Å². The van der Waals surface area contributed by atoms with Crippen molar-refractivity contribution < 1.29 is 14.3 Å². The van der Waals surface area contributed by atoms with E-state index in [9.17, 15) is 9.59 Å². The predicted octanol–water partition coefficient (Wildman–Crippen LogP) is 2.61. The van der Waals surface area contributed by atoms with Crippen LogP contribution in [0.2, 0.25) is 0 Å². The molecule has 1 aromatic carbocycles. The van der Waals surface area contributed by atoms with Crippen LogP contribution in [0.1, 0.15) is 18.5 Å². The van der Waals surface area contributed by atoms with E-state index < -0.39 is 0 Å². The third kappa shape index (κ3) is 5.25. The van der Waals surface area contributed by atoms with Crippen LogP contribution in [0, 0.1) is 0 Å². The van der Waals surface area contributed by atoms with Gasteiger partial charge in [0, 0.05) is 31.5 Å². The lowest BCUT2D eigenvalue weighted by Gasteiger charge is -2.27. The van der Waals surface area contributed by atoms with Gasteiger partial charge in [0.15, 0.2) is 6.61 Å². The molecule has 1 heterocycles. The van der Waals surface area contributed by atoms with Crippen LogP contribution in [-0.2, 0) is 23.2 Å². The number of aromatic nitrogens is 1. The Morgan fingerprint density at radius 1 is 1.18 bits per heavy atom. The summed E-state index contributed by atoms with van der Waals surface area (Å²) in [6.07, 6.45) is 5.64. The van der Waals surface area contributed by atoms with Gasteiger partial charge in [0.25, 0.3) is 5.91 Å². The molecule has 148 valence electrons. The highest BCUT2D eigenvalue weighted by Crippen LogP contribution is 2.28. The first-order valence-corrected chi connectivity index (χ1v) is 9.54. The molecule has 1 aliphatic carbocycles. The Balaban J connectivity index is 1.61. The maximum absolute atomic E-state index is 13.0. The van der Waals surface area contributed by atoms with Gasteiger partial charge in [0.2, 0.25) is 5.91 Å². The fourth-order valence-corrected chi connectivity index (χ4v) is 3.06. The minimum absolute atomic E-state index is 0.0317. The molecule has 1 fully saturated rings. The number of amides is 2. The van der Waals surface area contributed by atoms with Gasteiger partial charge >= 0.3 is 0 Å². The molecule has 6 nitrogen and oxygen atoms in total. The summed E-state index contributed by atoms with van der Waals surface area (Å²) in [5.74, 6) is 0.356. The van der Waals surface area contributed by atoms with Crippen molar-refractivity contribution in [1.82, 2.24) is 14.4 Å². The van der Waals surface area contributed by atoms with E-state index in [2.05, 4.69) is 6.58 Å². The van der Waals surface area contributed by atoms with Crippen molar-refractivity contribution in [2.45, 2.75) is 25.4 Å². The summed E-state index contributed by atoms with van der Waals surface area (Å²) in [6.45, 7) is 4.51. The SMILES string of the molecule is C=CCN(CC(=O)N(Cc1cccn1C)C1CC1)C(=O)COc1ccccc1. The van der Waals surface area contributed by atoms with E-state index >= 15 is 0 Å². The van der Waals surface area contributed by atoms with Gasteiger partial charge in [-0.05, 0) is 37.1 Å². The number of nitrogens with zero attached hydrogens (tertiary/aromatic N) is 3. The molecule has 0 bridgehead atoms. The van der Waals surface area contributed by atoms with Crippen LogP contribution in [-0.4, -0.2) is 51.9 Å². The second-order valence-electron chi connectivity index (χ2n) is 7.03. The Labute approximate surface area is 166 Å². The number of rotatable bonds is 10. The van der Waals surface area contributed by atoms with Crippen LogP contribution in [0.3, 0.4) is 0 Å². The van der Waals surface area contributed by atoms with Gasteiger partial charge in [0.1, 0.15) is 12.3 Å². The van der Waals surface area contributed by atoms with Crippen molar-refractivity contribution in [3.63, 3.8) is 0 Å². The number of hydrogen-bond acceptors (Lipinski definition) is 3. The lowest BCUT2D eigenvalue weighted by Crippen LogP contribution is -2.45. The fourth-order valence-electron chi connectivity index (χ4n) is 3.06. The highest BCUT2D eigenvalue weighted by atomic mass is 16.5.